The zero-order valence-electron chi connectivity index (χ0n) is 22.7. The summed E-state index contributed by atoms with van der Waals surface area (Å²) in [5.74, 6) is 0. The standard InChI is InChI=1S/C40H29N/c1-4-14-30(15-5-1)33-20-10-22-35(28-33)38-26-12-18-32-19-13-27-39(40(32)38)41(36-23-8-3-9-24-36)37-25-11-21-34(29-37)31-16-6-2-7-17-31/h1-29H. The minimum absolute atomic E-state index is 1.12. The first kappa shape index (κ1) is 24.6. The van der Waals surface area contributed by atoms with Crippen LogP contribution in [0.2, 0.25) is 0 Å². The van der Waals surface area contributed by atoms with E-state index in [1.54, 1.807) is 0 Å². The SMILES string of the molecule is c1ccc(-c2cccc(-c3cccc4cccc(N(c5ccccc5)c5cccc(-c6ccccc6)c5)c34)c2)cc1. The molecule has 0 aliphatic carbocycles. The monoisotopic (exact) mass is 523 g/mol. The highest BCUT2D eigenvalue weighted by Gasteiger charge is 2.18. The zero-order valence-corrected chi connectivity index (χ0v) is 22.7. The van der Waals surface area contributed by atoms with Crippen molar-refractivity contribution < 1.29 is 0 Å². The number of rotatable bonds is 6. The second kappa shape index (κ2) is 11.0. The Morgan fingerprint density at radius 3 is 1.49 bits per heavy atom. The average Bonchev–Trinajstić information content (AvgIpc) is 3.06. The van der Waals surface area contributed by atoms with Crippen molar-refractivity contribution in [1.82, 2.24) is 0 Å². The maximum absolute atomic E-state index is 2.39. The maximum Gasteiger partial charge on any atom is 0.0546 e. The first-order chi connectivity index (χ1) is 20.3. The van der Waals surface area contributed by atoms with Crippen LogP contribution in [0.3, 0.4) is 0 Å². The van der Waals surface area contributed by atoms with Crippen molar-refractivity contribution in [1.29, 1.82) is 0 Å². The third kappa shape index (κ3) is 4.90. The number of fused-ring (bicyclic) bond motifs is 1. The van der Waals surface area contributed by atoms with Crippen LogP contribution in [0, 0.1) is 0 Å². The fourth-order valence-corrected chi connectivity index (χ4v) is 5.70. The Balaban J connectivity index is 1.45. The molecule has 194 valence electrons. The highest BCUT2D eigenvalue weighted by Crippen LogP contribution is 2.43. The predicted molar refractivity (Wildman–Crippen MR) is 175 cm³/mol. The van der Waals surface area contributed by atoms with Crippen LogP contribution in [-0.2, 0) is 0 Å². The molecular weight excluding hydrogens is 494 g/mol. The Morgan fingerprint density at radius 2 is 0.805 bits per heavy atom. The lowest BCUT2D eigenvalue weighted by molar-refractivity contribution is 1.30. The van der Waals surface area contributed by atoms with Gasteiger partial charge in [-0.05, 0) is 75.2 Å². The van der Waals surface area contributed by atoms with E-state index in [9.17, 15) is 0 Å². The summed E-state index contributed by atoms with van der Waals surface area (Å²) < 4.78 is 0. The molecule has 0 N–H and O–H groups in total. The Kier molecular flexibility index (Phi) is 6.61. The van der Waals surface area contributed by atoms with E-state index >= 15 is 0 Å². The van der Waals surface area contributed by atoms with Gasteiger partial charge < -0.3 is 4.90 Å². The van der Waals surface area contributed by atoms with Crippen LogP contribution in [0.1, 0.15) is 0 Å². The van der Waals surface area contributed by atoms with Gasteiger partial charge in [0.05, 0.1) is 5.69 Å². The molecule has 0 spiro atoms. The second-order valence-electron chi connectivity index (χ2n) is 10.2. The van der Waals surface area contributed by atoms with E-state index in [0.717, 1.165) is 17.1 Å². The normalized spacial score (nSPS) is 10.9. The average molecular weight is 524 g/mol. The van der Waals surface area contributed by atoms with E-state index in [4.69, 9.17) is 0 Å². The molecule has 0 saturated heterocycles. The van der Waals surface area contributed by atoms with Crippen molar-refractivity contribution in [3.8, 4) is 33.4 Å². The van der Waals surface area contributed by atoms with E-state index in [0.29, 0.717) is 0 Å². The zero-order chi connectivity index (χ0) is 27.4. The van der Waals surface area contributed by atoms with Crippen molar-refractivity contribution in [3.63, 3.8) is 0 Å². The van der Waals surface area contributed by atoms with Gasteiger partial charge >= 0.3 is 0 Å². The number of hydrogen-bond donors (Lipinski definition) is 0. The van der Waals surface area contributed by atoms with Crippen molar-refractivity contribution in [2.75, 3.05) is 4.90 Å². The topological polar surface area (TPSA) is 3.24 Å². The quantitative estimate of drug-likeness (QED) is 0.209. The Morgan fingerprint density at radius 1 is 0.317 bits per heavy atom. The summed E-state index contributed by atoms with van der Waals surface area (Å²) in [5, 5.41) is 2.44. The van der Waals surface area contributed by atoms with Gasteiger partial charge in [0, 0.05) is 16.8 Å². The lowest BCUT2D eigenvalue weighted by Crippen LogP contribution is -2.10. The van der Waals surface area contributed by atoms with E-state index in [1.165, 1.54) is 44.2 Å². The van der Waals surface area contributed by atoms with Crippen molar-refractivity contribution in [3.05, 3.63) is 176 Å². The van der Waals surface area contributed by atoms with Crippen molar-refractivity contribution in [2.45, 2.75) is 0 Å². The minimum Gasteiger partial charge on any atom is -0.310 e. The maximum atomic E-state index is 2.39. The van der Waals surface area contributed by atoms with Crippen LogP contribution in [0.25, 0.3) is 44.2 Å². The summed E-state index contributed by atoms with van der Waals surface area (Å²) in [5.41, 5.74) is 10.7. The molecule has 0 unspecified atom stereocenters. The lowest BCUT2D eigenvalue weighted by atomic mass is 9.93. The summed E-state index contributed by atoms with van der Waals surface area (Å²) in [7, 11) is 0. The molecule has 0 radical (unpaired) electrons. The largest absolute Gasteiger partial charge is 0.310 e. The summed E-state index contributed by atoms with van der Waals surface area (Å²) in [6.45, 7) is 0. The molecule has 0 fully saturated rings. The molecular formula is C40H29N. The Hall–Kier alpha value is -5.40. The van der Waals surface area contributed by atoms with Gasteiger partial charge in [0.25, 0.3) is 0 Å². The van der Waals surface area contributed by atoms with Gasteiger partial charge in [-0.2, -0.15) is 0 Å². The minimum atomic E-state index is 1.12. The second-order valence-corrected chi connectivity index (χ2v) is 10.2. The molecule has 1 nitrogen and oxygen atoms in total. The van der Waals surface area contributed by atoms with E-state index < -0.39 is 0 Å². The van der Waals surface area contributed by atoms with E-state index in [2.05, 4.69) is 181 Å². The van der Waals surface area contributed by atoms with Gasteiger partial charge in [0.15, 0.2) is 0 Å². The highest BCUT2D eigenvalue weighted by atomic mass is 15.1. The lowest BCUT2D eigenvalue weighted by Gasteiger charge is -2.28. The Labute approximate surface area is 241 Å². The van der Waals surface area contributed by atoms with Gasteiger partial charge in [0.2, 0.25) is 0 Å². The van der Waals surface area contributed by atoms with Gasteiger partial charge in [-0.15, -0.1) is 0 Å². The van der Waals surface area contributed by atoms with Crippen LogP contribution in [-0.4, -0.2) is 0 Å². The van der Waals surface area contributed by atoms with E-state index in [-0.39, 0.29) is 0 Å². The summed E-state index contributed by atoms with van der Waals surface area (Å²) >= 11 is 0. The van der Waals surface area contributed by atoms with Gasteiger partial charge in [-0.25, -0.2) is 0 Å². The van der Waals surface area contributed by atoms with Crippen LogP contribution in [0.4, 0.5) is 17.1 Å². The fourth-order valence-electron chi connectivity index (χ4n) is 5.70. The smallest absolute Gasteiger partial charge is 0.0546 e. The molecule has 0 bridgehead atoms. The van der Waals surface area contributed by atoms with E-state index in [1.807, 2.05) is 0 Å². The van der Waals surface area contributed by atoms with Crippen LogP contribution < -0.4 is 4.90 Å². The van der Waals surface area contributed by atoms with Crippen LogP contribution in [0.15, 0.2) is 176 Å². The first-order valence-electron chi connectivity index (χ1n) is 14.0. The molecule has 0 heterocycles. The van der Waals surface area contributed by atoms with Crippen LogP contribution in [0.5, 0.6) is 0 Å². The summed E-state index contributed by atoms with van der Waals surface area (Å²) in [6.07, 6.45) is 0. The third-order valence-electron chi connectivity index (χ3n) is 7.63. The molecule has 1 heteroatoms. The molecule has 0 aromatic heterocycles. The number of nitrogens with zero attached hydrogens (tertiary/aromatic N) is 1. The number of anilines is 3. The summed E-state index contributed by atoms with van der Waals surface area (Å²) in [4.78, 5) is 2.39. The van der Waals surface area contributed by atoms with Gasteiger partial charge in [0.1, 0.15) is 0 Å². The molecule has 0 aliphatic heterocycles. The Bertz CT molecular complexity index is 1920. The number of benzene rings is 7. The molecule has 0 saturated carbocycles. The molecule has 0 atom stereocenters. The molecule has 7 rings (SSSR count). The molecule has 7 aromatic rings. The van der Waals surface area contributed by atoms with Crippen molar-refractivity contribution >= 4 is 27.8 Å². The molecule has 0 aliphatic rings. The number of hydrogen-bond acceptors (Lipinski definition) is 1. The molecule has 41 heavy (non-hydrogen) atoms. The molecule has 7 aromatic carbocycles. The van der Waals surface area contributed by atoms with Crippen molar-refractivity contribution in [2.24, 2.45) is 0 Å². The van der Waals surface area contributed by atoms with Gasteiger partial charge in [-0.3, -0.25) is 0 Å². The number of para-hydroxylation sites is 1. The van der Waals surface area contributed by atoms with Crippen LogP contribution >= 0.6 is 0 Å². The van der Waals surface area contributed by atoms with Gasteiger partial charge in [-0.1, -0.05) is 140 Å². The first-order valence-corrected chi connectivity index (χ1v) is 14.0. The third-order valence-corrected chi connectivity index (χ3v) is 7.63. The summed E-state index contributed by atoms with van der Waals surface area (Å²) in [6, 6.07) is 62.8. The molecule has 0 amide bonds. The predicted octanol–water partition coefficient (Wildman–Crippen LogP) is 11.3. The highest BCUT2D eigenvalue weighted by molar-refractivity contribution is 6.08. The fraction of sp³-hybridized carbons (Fsp3) is 0.